The van der Waals surface area contributed by atoms with Crippen molar-refractivity contribution in [3.8, 4) is 11.3 Å². The number of aryl methyl sites for hydroxylation is 2. The number of rotatable bonds is 1. The molecular formula is C12H9NO3S. The Morgan fingerprint density at radius 1 is 1.41 bits per heavy atom. The van der Waals surface area contributed by atoms with E-state index in [2.05, 4.69) is 4.98 Å². The number of pyridine rings is 1. The SMILES string of the molecule is O=C(O)c1cc2c([nH]c1=O)-c1ccsc1CC2. The predicted octanol–water partition coefficient (Wildman–Crippen LogP) is 1.90. The van der Waals surface area contributed by atoms with Gasteiger partial charge in [-0.15, -0.1) is 11.3 Å². The molecule has 0 aromatic carbocycles. The molecule has 2 aromatic heterocycles. The number of carboxylic acid groups (broad SMARTS) is 1. The van der Waals surface area contributed by atoms with Crippen molar-refractivity contribution >= 4 is 17.3 Å². The quantitative estimate of drug-likeness (QED) is 0.808. The first-order chi connectivity index (χ1) is 8.16. The summed E-state index contributed by atoms with van der Waals surface area (Å²) in [5.74, 6) is -1.18. The molecule has 0 saturated carbocycles. The summed E-state index contributed by atoms with van der Waals surface area (Å²) in [7, 11) is 0. The van der Waals surface area contributed by atoms with Crippen molar-refractivity contribution in [3.63, 3.8) is 0 Å². The van der Waals surface area contributed by atoms with Crippen LogP contribution in [0.4, 0.5) is 0 Å². The van der Waals surface area contributed by atoms with E-state index in [-0.39, 0.29) is 5.56 Å². The molecule has 4 nitrogen and oxygen atoms in total. The Bertz CT molecular complexity index is 669. The number of hydrogen-bond donors (Lipinski definition) is 2. The first-order valence-corrected chi connectivity index (χ1v) is 6.11. The van der Waals surface area contributed by atoms with Crippen molar-refractivity contribution in [1.82, 2.24) is 4.98 Å². The third-order valence-corrected chi connectivity index (χ3v) is 3.97. The van der Waals surface area contributed by atoms with Gasteiger partial charge in [0.2, 0.25) is 0 Å². The second-order valence-electron chi connectivity index (χ2n) is 3.97. The van der Waals surface area contributed by atoms with Crippen LogP contribution in [0.1, 0.15) is 20.8 Å². The van der Waals surface area contributed by atoms with Gasteiger partial charge in [0.25, 0.3) is 5.56 Å². The van der Waals surface area contributed by atoms with E-state index in [4.69, 9.17) is 5.11 Å². The molecule has 1 aliphatic rings. The van der Waals surface area contributed by atoms with Crippen molar-refractivity contribution in [1.29, 1.82) is 0 Å². The number of aromatic nitrogens is 1. The van der Waals surface area contributed by atoms with Crippen molar-refractivity contribution in [3.05, 3.63) is 43.9 Å². The van der Waals surface area contributed by atoms with Crippen LogP contribution in [-0.2, 0) is 12.8 Å². The summed E-state index contributed by atoms with van der Waals surface area (Å²) >= 11 is 1.67. The minimum Gasteiger partial charge on any atom is -0.477 e. The number of hydrogen-bond acceptors (Lipinski definition) is 3. The van der Waals surface area contributed by atoms with Gasteiger partial charge < -0.3 is 10.1 Å². The maximum atomic E-state index is 11.6. The Morgan fingerprint density at radius 3 is 3.00 bits per heavy atom. The summed E-state index contributed by atoms with van der Waals surface area (Å²) in [6, 6.07) is 3.46. The van der Waals surface area contributed by atoms with E-state index in [1.54, 1.807) is 11.3 Å². The normalized spacial score (nSPS) is 12.9. The van der Waals surface area contributed by atoms with Gasteiger partial charge in [0.1, 0.15) is 5.56 Å². The van der Waals surface area contributed by atoms with Gasteiger partial charge in [0.05, 0.1) is 5.69 Å². The van der Waals surface area contributed by atoms with Gasteiger partial charge in [-0.25, -0.2) is 4.79 Å². The first-order valence-electron chi connectivity index (χ1n) is 5.23. The van der Waals surface area contributed by atoms with Crippen LogP contribution >= 0.6 is 11.3 Å². The Kier molecular flexibility index (Phi) is 2.16. The summed E-state index contributed by atoms with van der Waals surface area (Å²) in [6.45, 7) is 0. The molecule has 0 atom stereocenters. The van der Waals surface area contributed by atoms with Crippen LogP contribution < -0.4 is 5.56 Å². The molecule has 0 amide bonds. The largest absolute Gasteiger partial charge is 0.477 e. The monoisotopic (exact) mass is 247 g/mol. The van der Waals surface area contributed by atoms with Crippen LogP contribution in [0.5, 0.6) is 0 Å². The van der Waals surface area contributed by atoms with Gasteiger partial charge in [-0.3, -0.25) is 4.79 Å². The summed E-state index contributed by atoms with van der Waals surface area (Å²) in [5, 5.41) is 10.9. The van der Waals surface area contributed by atoms with E-state index < -0.39 is 11.5 Å². The van der Waals surface area contributed by atoms with E-state index >= 15 is 0 Å². The highest BCUT2D eigenvalue weighted by atomic mass is 32.1. The molecule has 0 aliphatic heterocycles. The van der Waals surface area contributed by atoms with Crippen LogP contribution in [0.25, 0.3) is 11.3 Å². The van der Waals surface area contributed by atoms with Crippen LogP contribution in [0.3, 0.4) is 0 Å². The van der Waals surface area contributed by atoms with Gasteiger partial charge in [0.15, 0.2) is 0 Å². The standard InChI is InChI=1S/C12H9NO3S/c14-11-8(12(15)16)5-6-1-2-9-7(3-4-17-9)10(6)13-11/h3-5H,1-2H2,(H,13,14)(H,15,16). The molecule has 0 radical (unpaired) electrons. The van der Waals surface area contributed by atoms with E-state index in [1.807, 2.05) is 11.4 Å². The van der Waals surface area contributed by atoms with Gasteiger partial charge in [-0.05, 0) is 35.9 Å². The summed E-state index contributed by atoms with van der Waals surface area (Å²) in [6.07, 6.45) is 1.69. The Labute approximate surface area is 101 Å². The fourth-order valence-electron chi connectivity index (χ4n) is 2.17. The van der Waals surface area contributed by atoms with Gasteiger partial charge in [0, 0.05) is 10.4 Å². The number of carbonyl (C=O) groups is 1. The molecule has 2 N–H and O–H groups in total. The third kappa shape index (κ3) is 1.51. The molecular weight excluding hydrogens is 238 g/mol. The van der Waals surface area contributed by atoms with Crippen LogP contribution in [0, 0.1) is 0 Å². The molecule has 0 saturated heterocycles. The first kappa shape index (κ1) is 10.3. The molecule has 0 fully saturated rings. The van der Waals surface area contributed by atoms with Crippen molar-refractivity contribution in [2.24, 2.45) is 0 Å². The number of aromatic carboxylic acids is 1. The van der Waals surface area contributed by atoms with Gasteiger partial charge >= 0.3 is 5.97 Å². The van der Waals surface area contributed by atoms with Crippen LogP contribution in [0.2, 0.25) is 0 Å². The lowest BCUT2D eigenvalue weighted by Crippen LogP contribution is -2.20. The number of H-pyrrole nitrogens is 1. The number of carboxylic acids is 1. The zero-order valence-corrected chi connectivity index (χ0v) is 9.63. The fraction of sp³-hybridized carbons (Fsp3) is 0.167. The molecule has 17 heavy (non-hydrogen) atoms. The van der Waals surface area contributed by atoms with Crippen molar-refractivity contribution < 1.29 is 9.90 Å². The third-order valence-electron chi connectivity index (χ3n) is 2.99. The van der Waals surface area contributed by atoms with E-state index in [0.29, 0.717) is 0 Å². The van der Waals surface area contributed by atoms with Crippen molar-refractivity contribution in [2.75, 3.05) is 0 Å². The molecule has 1 aliphatic carbocycles. The molecule has 0 bridgehead atoms. The van der Waals surface area contributed by atoms with Crippen LogP contribution in [0.15, 0.2) is 22.3 Å². The molecule has 3 rings (SSSR count). The average molecular weight is 247 g/mol. The van der Waals surface area contributed by atoms with E-state index in [1.165, 1.54) is 10.9 Å². The summed E-state index contributed by atoms with van der Waals surface area (Å²) in [4.78, 5) is 26.5. The average Bonchev–Trinajstić information content (AvgIpc) is 2.76. The summed E-state index contributed by atoms with van der Waals surface area (Å²) < 4.78 is 0. The highest BCUT2D eigenvalue weighted by Crippen LogP contribution is 2.34. The minimum atomic E-state index is -1.18. The molecule has 5 heteroatoms. The topological polar surface area (TPSA) is 70.2 Å². The fourth-order valence-corrected chi connectivity index (χ4v) is 3.06. The molecule has 2 aromatic rings. The van der Waals surface area contributed by atoms with E-state index in [0.717, 1.165) is 29.7 Å². The lowest BCUT2D eigenvalue weighted by molar-refractivity contribution is 0.0695. The van der Waals surface area contributed by atoms with Crippen LogP contribution in [-0.4, -0.2) is 16.1 Å². The van der Waals surface area contributed by atoms with E-state index in [9.17, 15) is 9.59 Å². The molecule has 86 valence electrons. The minimum absolute atomic E-state index is 0.178. The van der Waals surface area contributed by atoms with Gasteiger partial charge in [-0.1, -0.05) is 0 Å². The lowest BCUT2D eigenvalue weighted by atomic mass is 9.94. The number of fused-ring (bicyclic) bond motifs is 3. The number of nitrogens with one attached hydrogen (secondary N) is 1. The number of thiophene rings is 1. The zero-order valence-electron chi connectivity index (χ0n) is 8.82. The maximum absolute atomic E-state index is 11.6. The zero-order chi connectivity index (χ0) is 12.0. The smallest absolute Gasteiger partial charge is 0.341 e. The molecule has 0 spiro atoms. The summed E-state index contributed by atoms with van der Waals surface area (Å²) in [5.41, 5.74) is 2.01. The van der Waals surface area contributed by atoms with Gasteiger partial charge in [-0.2, -0.15) is 0 Å². The predicted molar refractivity (Wildman–Crippen MR) is 64.7 cm³/mol. The van der Waals surface area contributed by atoms with Crippen molar-refractivity contribution in [2.45, 2.75) is 12.8 Å². The highest BCUT2D eigenvalue weighted by Gasteiger charge is 2.21. The second-order valence-corrected chi connectivity index (χ2v) is 4.98. The Hall–Kier alpha value is -1.88. The Balaban J connectivity index is 2.27. The second kappa shape index (κ2) is 3.56. The highest BCUT2D eigenvalue weighted by molar-refractivity contribution is 7.10. The Morgan fingerprint density at radius 2 is 2.24 bits per heavy atom. The molecule has 0 unspecified atom stereocenters. The lowest BCUT2D eigenvalue weighted by Gasteiger charge is -2.16. The molecule has 2 heterocycles. The maximum Gasteiger partial charge on any atom is 0.341 e. The number of aromatic amines is 1.